The fourth-order valence-corrected chi connectivity index (χ4v) is 3.74. The third kappa shape index (κ3) is 25.4. The molecule has 0 spiro atoms. The van der Waals surface area contributed by atoms with Gasteiger partial charge >= 0.3 is 23.9 Å². The molecule has 0 aromatic carbocycles. The molecule has 246 valence electrons. The van der Waals surface area contributed by atoms with Gasteiger partial charge in [-0.2, -0.15) is 0 Å². The van der Waals surface area contributed by atoms with Crippen molar-refractivity contribution in [3.05, 3.63) is 0 Å². The van der Waals surface area contributed by atoms with Crippen LogP contribution in [0.25, 0.3) is 0 Å². The van der Waals surface area contributed by atoms with Crippen molar-refractivity contribution in [3.8, 4) is 0 Å². The Balaban J connectivity index is 3.89. The predicted octanol–water partition coefficient (Wildman–Crippen LogP) is 1.32. The average Bonchev–Trinajstić information content (AvgIpc) is 2.97. The molecule has 13 heteroatoms. The van der Waals surface area contributed by atoms with Crippen molar-refractivity contribution in [3.63, 3.8) is 0 Å². The molecule has 0 bridgehead atoms. The van der Waals surface area contributed by atoms with E-state index in [1.165, 1.54) is 7.11 Å². The van der Waals surface area contributed by atoms with E-state index in [-0.39, 0.29) is 69.4 Å². The molecule has 0 heterocycles. The number of rotatable bonds is 29. The lowest BCUT2D eigenvalue weighted by Crippen LogP contribution is -2.32. The Kier molecular flexibility index (Phi) is 27.2. The zero-order chi connectivity index (χ0) is 31.3. The van der Waals surface area contributed by atoms with E-state index >= 15 is 0 Å². The van der Waals surface area contributed by atoms with E-state index in [2.05, 4.69) is 0 Å². The van der Waals surface area contributed by atoms with E-state index in [1.807, 2.05) is 16.7 Å². The van der Waals surface area contributed by atoms with Crippen LogP contribution in [0.3, 0.4) is 0 Å². The van der Waals surface area contributed by atoms with Crippen molar-refractivity contribution in [1.29, 1.82) is 0 Å². The number of aliphatic hydroxyl groups is 2. The number of aliphatic hydroxyl groups excluding tert-OH is 2. The van der Waals surface area contributed by atoms with E-state index < -0.39 is 0 Å². The fourth-order valence-electron chi connectivity index (χ4n) is 3.74. The maximum absolute atomic E-state index is 12.0. The monoisotopic (exact) mass is 606 g/mol. The molecule has 0 fully saturated rings. The first-order valence-corrected chi connectivity index (χ1v) is 15.1. The van der Waals surface area contributed by atoms with Crippen molar-refractivity contribution >= 4 is 23.9 Å². The Hall–Kier alpha value is -2.32. The van der Waals surface area contributed by atoms with Crippen LogP contribution in [0.5, 0.6) is 0 Å². The van der Waals surface area contributed by atoms with Gasteiger partial charge in [0.15, 0.2) is 0 Å². The molecule has 0 aliphatic rings. The number of ether oxygens (including phenoxy) is 5. The summed E-state index contributed by atoms with van der Waals surface area (Å²) >= 11 is 0. The third-order valence-electron chi connectivity index (χ3n) is 6.24. The molecule has 0 unspecified atom stereocenters. The highest BCUT2D eigenvalue weighted by Gasteiger charge is 2.13. The summed E-state index contributed by atoms with van der Waals surface area (Å²) in [7, 11) is 1.52. The molecule has 0 saturated heterocycles. The molecule has 0 aromatic rings. The summed E-state index contributed by atoms with van der Waals surface area (Å²) in [5, 5.41) is 18.5. The number of esters is 4. The first kappa shape index (κ1) is 39.7. The van der Waals surface area contributed by atoms with E-state index in [4.69, 9.17) is 23.7 Å². The van der Waals surface area contributed by atoms with Gasteiger partial charge in [-0.25, -0.2) is 0 Å². The van der Waals surface area contributed by atoms with E-state index in [9.17, 15) is 29.4 Å². The van der Waals surface area contributed by atoms with Gasteiger partial charge in [-0.3, -0.25) is 29.0 Å². The lowest BCUT2D eigenvalue weighted by Gasteiger charge is -2.20. The molecule has 0 amide bonds. The van der Waals surface area contributed by atoms with Crippen molar-refractivity contribution in [1.82, 2.24) is 9.80 Å². The van der Waals surface area contributed by atoms with Gasteiger partial charge in [0.05, 0.1) is 65.3 Å². The van der Waals surface area contributed by atoms with Crippen molar-refractivity contribution < 1.29 is 53.1 Å². The minimum atomic E-state index is -0.356. The summed E-state index contributed by atoms with van der Waals surface area (Å²) < 4.78 is 25.5. The summed E-state index contributed by atoms with van der Waals surface area (Å²) in [6.45, 7) is 5.70. The SMILES string of the molecule is CCCCOC(=O)CCN(CCO)CCC(=O)OCCCCCCOC(=O)CCN(CCO)CCC(=O)OCCOC. The van der Waals surface area contributed by atoms with Crippen molar-refractivity contribution in [2.24, 2.45) is 0 Å². The zero-order valence-corrected chi connectivity index (χ0v) is 25.7. The Bertz CT molecular complexity index is 651. The second-order valence-corrected chi connectivity index (χ2v) is 9.77. The van der Waals surface area contributed by atoms with E-state index in [0.29, 0.717) is 78.5 Å². The summed E-state index contributed by atoms with van der Waals surface area (Å²) in [5.74, 6) is -1.29. The summed E-state index contributed by atoms with van der Waals surface area (Å²) in [4.78, 5) is 51.2. The van der Waals surface area contributed by atoms with Gasteiger partial charge in [-0.1, -0.05) is 13.3 Å². The zero-order valence-electron chi connectivity index (χ0n) is 25.7. The van der Waals surface area contributed by atoms with Gasteiger partial charge < -0.3 is 33.9 Å². The second-order valence-electron chi connectivity index (χ2n) is 9.77. The number of methoxy groups -OCH3 is 1. The number of unbranched alkanes of at least 4 members (excludes halogenated alkanes) is 4. The normalized spacial score (nSPS) is 11.1. The first-order chi connectivity index (χ1) is 20.4. The van der Waals surface area contributed by atoms with Gasteiger partial charge in [0, 0.05) is 46.4 Å². The number of carbonyl (C=O) groups is 4. The Morgan fingerprint density at radius 3 is 1.19 bits per heavy atom. The lowest BCUT2D eigenvalue weighted by molar-refractivity contribution is -0.146. The van der Waals surface area contributed by atoms with E-state index in [0.717, 1.165) is 25.7 Å². The highest BCUT2D eigenvalue weighted by Crippen LogP contribution is 2.04. The van der Waals surface area contributed by atoms with Gasteiger partial charge in [0.25, 0.3) is 0 Å². The Labute approximate surface area is 250 Å². The lowest BCUT2D eigenvalue weighted by atomic mass is 10.2. The fraction of sp³-hybridized carbons (Fsp3) is 0.862. The molecule has 13 nitrogen and oxygen atoms in total. The molecule has 0 rings (SSSR count). The standard InChI is InChI=1S/C29H54N2O11/c1-3-4-21-39-26(34)9-13-30(17-19-32)14-10-27(35)40-22-7-5-6-8-23-41-28(36)11-15-31(18-20-33)16-12-29(37)42-25-24-38-2/h32-33H,3-25H2,1-2H3. The van der Waals surface area contributed by atoms with Crippen LogP contribution in [0.1, 0.15) is 71.1 Å². The number of hydrogen-bond donors (Lipinski definition) is 2. The summed E-state index contributed by atoms with van der Waals surface area (Å²) in [6.07, 6.45) is 5.54. The number of carbonyl (C=O) groups excluding carboxylic acids is 4. The molecule has 0 aromatic heterocycles. The minimum absolute atomic E-state index is 0.0641. The molecule has 2 N–H and O–H groups in total. The van der Waals surface area contributed by atoms with Gasteiger partial charge in [0.2, 0.25) is 0 Å². The predicted molar refractivity (Wildman–Crippen MR) is 155 cm³/mol. The third-order valence-corrected chi connectivity index (χ3v) is 6.24. The Morgan fingerprint density at radius 2 is 0.857 bits per heavy atom. The number of nitrogens with zero attached hydrogens (tertiary/aromatic N) is 2. The van der Waals surface area contributed by atoms with Crippen LogP contribution < -0.4 is 0 Å². The molecular formula is C29H54N2O11. The topological polar surface area (TPSA) is 161 Å². The van der Waals surface area contributed by atoms with Crippen LogP contribution in [0, 0.1) is 0 Å². The summed E-state index contributed by atoms with van der Waals surface area (Å²) in [5.41, 5.74) is 0. The van der Waals surface area contributed by atoms with Crippen LogP contribution >= 0.6 is 0 Å². The number of hydrogen-bond acceptors (Lipinski definition) is 13. The molecular weight excluding hydrogens is 552 g/mol. The van der Waals surface area contributed by atoms with E-state index in [1.54, 1.807) is 0 Å². The summed E-state index contributed by atoms with van der Waals surface area (Å²) in [6, 6.07) is 0. The molecule has 0 atom stereocenters. The first-order valence-electron chi connectivity index (χ1n) is 15.1. The maximum Gasteiger partial charge on any atom is 0.307 e. The molecule has 0 saturated carbocycles. The largest absolute Gasteiger partial charge is 0.466 e. The molecule has 0 aliphatic carbocycles. The molecule has 0 radical (unpaired) electrons. The van der Waals surface area contributed by atoms with Gasteiger partial charge in [-0.05, 0) is 32.1 Å². The molecule has 42 heavy (non-hydrogen) atoms. The van der Waals surface area contributed by atoms with Crippen LogP contribution in [0.2, 0.25) is 0 Å². The Morgan fingerprint density at radius 1 is 0.500 bits per heavy atom. The van der Waals surface area contributed by atoms with Gasteiger partial charge in [-0.15, -0.1) is 0 Å². The highest BCUT2D eigenvalue weighted by molar-refractivity contribution is 5.71. The maximum atomic E-state index is 12.0. The minimum Gasteiger partial charge on any atom is -0.466 e. The van der Waals surface area contributed by atoms with Crippen LogP contribution in [0.4, 0.5) is 0 Å². The smallest absolute Gasteiger partial charge is 0.307 e. The molecule has 0 aliphatic heterocycles. The average molecular weight is 607 g/mol. The van der Waals surface area contributed by atoms with Crippen molar-refractivity contribution in [2.75, 3.05) is 92.6 Å². The quantitative estimate of drug-likeness (QED) is 0.0713. The van der Waals surface area contributed by atoms with Gasteiger partial charge in [0.1, 0.15) is 6.61 Å². The van der Waals surface area contributed by atoms with Crippen LogP contribution in [-0.2, 0) is 42.9 Å². The van der Waals surface area contributed by atoms with Crippen LogP contribution in [0.15, 0.2) is 0 Å². The van der Waals surface area contributed by atoms with Crippen LogP contribution in [-0.4, -0.2) is 137 Å². The second kappa shape index (κ2) is 28.8. The highest BCUT2D eigenvalue weighted by atomic mass is 16.6. The van der Waals surface area contributed by atoms with Crippen molar-refractivity contribution in [2.45, 2.75) is 71.1 Å².